The van der Waals surface area contributed by atoms with E-state index in [0.29, 0.717) is 10.3 Å². The summed E-state index contributed by atoms with van der Waals surface area (Å²) in [6, 6.07) is 7.18. The highest BCUT2D eigenvalue weighted by molar-refractivity contribution is 7.84. The fourth-order valence-electron chi connectivity index (χ4n) is 1.36. The summed E-state index contributed by atoms with van der Waals surface area (Å²) in [5.74, 6) is 0. The van der Waals surface area contributed by atoms with E-state index in [0.717, 1.165) is 5.52 Å². The Morgan fingerprint density at radius 2 is 2.00 bits per heavy atom. The van der Waals surface area contributed by atoms with Gasteiger partial charge in [-0.2, -0.15) is 0 Å². The summed E-state index contributed by atoms with van der Waals surface area (Å²) in [6.07, 6.45) is 3.01. The molecule has 0 bridgehead atoms. The van der Waals surface area contributed by atoms with Gasteiger partial charge in [0, 0.05) is 23.4 Å². The van der Waals surface area contributed by atoms with Crippen molar-refractivity contribution in [3.63, 3.8) is 0 Å². The van der Waals surface area contributed by atoms with Crippen LogP contribution >= 0.6 is 0 Å². The smallest absolute Gasteiger partial charge is 0.205 e. The molecule has 3 nitrogen and oxygen atoms in total. The Morgan fingerprint density at radius 1 is 1.29 bits per heavy atom. The third kappa shape index (κ3) is 1.37. The van der Waals surface area contributed by atoms with Gasteiger partial charge < -0.3 is 4.98 Å². The van der Waals surface area contributed by atoms with Gasteiger partial charge >= 0.3 is 0 Å². The molecule has 0 saturated carbocycles. The number of hydrogen-bond acceptors (Lipinski definition) is 2. The van der Waals surface area contributed by atoms with Crippen LogP contribution in [0.25, 0.3) is 10.9 Å². The fraction of sp³-hybridized carbons (Fsp3) is 0.100. The molecule has 0 aliphatic heterocycles. The maximum Gasteiger partial charge on any atom is 0.205 e. The third-order valence-electron chi connectivity index (χ3n) is 2.06. The number of pyridine rings is 1. The van der Waals surface area contributed by atoms with Crippen LogP contribution in [0.1, 0.15) is 0 Å². The molecular formula is C10H9NO2S. The standard InChI is InChI=1S/C10H9NO2S/c1-14(13)9-6-11-8-5-3-2-4-7(8)10(9)12/h2-6H,1H3,(H,11,12). The molecule has 72 valence electrons. The van der Waals surface area contributed by atoms with E-state index >= 15 is 0 Å². The van der Waals surface area contributed by atoms with Gasteiger partial charge in [-0.15, -0.1) is 0 Å². The number of H-pyrrole nitrogens is 1. The Hall–Kier alpha value is -1.42. The lowest BCUT2D eigenvalue weighted by atomic mass is 10.2. The molecule has 0 saturated heterocycles. The molecule has 14 heavy (non-hydrogen) atoms. The van der Waals surface area contributed by atoms with Gasteiger partial charge in [-0.25, -0.2) is 0 Å². The molecule has 0 fully saturated rings. The Labute approximate surface area is 83.2 Å². The minimum absolute atomic E-state index is 0.153. The highest BCUT2D eigenvalue weighted by Crippen LogP contribution is 2.08. The van der Waals surface area contributed by atoms with E-state index in [1.165, 1.54) is 12.5 Å². The molecule has 0 aliphatic rings. The number of benzene rings is 1. The normalized spacial score (nSPS) is 12.9. The lowest BCUT2D eigenvalue weighted by molar-refractivity contribution is 0.686. The van der Waals surface area contributed by atoms with E-state index in [1.54, 1.807) is 12.1 Å². The van der Waals surface area contributed by atoms with Crippen molar-refractivity contribution in [1.82, 2.24) is 4.98 Å². The van der Waals surface area contributed by atoms with Crippen molar-refractivity contribution in [3.05, 3.63) is 40.7 Å². The van der Waals surface area contributed by atoms with E-state index in [9.17, 15) is 9.00 Å². The van der Waals surface area contributed by atoms with Crippen LogP contribution in [0.4, 0.5) is 0 Å². The largest absolute Gasteiger partial charge is 0.360 e. The highest BCUT2D eigenvalue weighted by Gasteiger charge is 2.06. The first-order valence-corrected chi connectivity index (χ1v) is 5.70. The molecule has 0 aliphatic carbocycles. The first-order chi connectivity index (χ1) is 6.70. The summed E-state index contributed by atoms with van der Waals surface area (Å²) < 4.78 is 11.2. The SMILES string of the molecule is CS(=O)c1c[nH]c2ccccc2c1=O. The van der Waals surface area contributed by atoms with Crippen LogP contribution in [0.5, 0.6) is 0 Å². The topological polar surface area (TPSA) is 49.9 Å². The van der Waals surface area contributed by atoms with Gasteiger partial charge in [-0.05, 0) is 12.1 Å². The number of rotatable bonds is 1. The minimum Gasteiger partial charge on any atom is -0.360 e. The molecule has 1 aromatic heterocycles. The predicted molar refractivity (Wildman–Crippen MR) is 56.9 cm³/mol. The van der Waals surface area contributed by atoms with E-state index in [2.05, 4.69) is 4.98 Å². The molecule has 2 aromatic rings. The summed E-state index contributed by atoms with van der Waals surface area (Å²) in [7, 11) is -1.24. The first kappa shape index (κ1) is 9.15. The summed E-state index contributed by atoms with van der Waals surface area (Å²) in [5.41, 5.74) is 0.617. The number of fused-ring (bicyclic) bond motifs is 1. The Kier molecular flexibility index (Phi) is 2.21. The van der Waals surface area contributed by atoms with Crippen molar-refractivity contribution >= 4 is 21.7 Å². The number of nitrogens with one attached hydrogen (secondary N) is 1. The average molecular weight is 207 g/mol. The van der Waals surface area contributed by atoms with E-state index < -0.39 is 10.8 Å². The molecule has 1 unspecified atom stereocenters. The monoisotopic (exact) mass is 207 g/mol. The van der Waals surface area contributed by atoms with E-state index in [1.807, 2.05) is 12.1 Å². The van der Waals surface area contributed by atoms with Crippen LogP contribution in [0.3, 0.4) is 0 Å². The molecule has 4 heteroatoms. The van der Waals surface area contributed by atoms with Crippen molar-refractivity contribution in [2.24, 2.45) is 0 Å². The lowest BCUT2D eigenvalue weighted by Crippen LogP contribution is -2.10. The molecule has 1 atom stereocenters. The zero-order chi connectivity index (χ0) is 10.1. The molecule has 0 spiro atoms. The summed E-state index contributed by atoms with van der Waals surface area (Å²) in [4.78, 5) is 15.0. The van der Waals surface area contributed by atoms with Gasteiger partial charge in [0.25, 0.3) is 0 Å². The van der Waals surface area contributed by atoms with Gasteiger partial charge in [0.1, 0.15) is 4.90 Å². The number of para-hydroxylation sites is 1. The first-order valence-electron chi connectivity index (χ1n) is 4.14. The molecular weight excluding hydrogens is 198 g/mol. The maximum absolute atomic E-state index is 11.8. The maximum atomic E-state index is 11.8. The fourth-order valence-corrected chi connectivity index (χ4v) is 1.96. The van der Waals surface area contributed by atoms with Crippen LogP contribution in [-0.4, -0.2) is 15.4 Å². The highest BCUT2D eigenvalue weighted by atomic mass is 32.2. The van der Waals surface area contributed by atoms with Crippen molar-refractivity contribution in [2.75, 3.05) is 6.26 Å². The van der Waals surface area contributed by atoms with Gasteiger partial charge in [0.2, 0.25) is 5.43 Å². The Balaban J connectivity index is 2.89. The second kappa shape index (κ2) is 3.38. The number of aromatic amines is 1. The summed E-state index contributed by atoms with van der Waals surface area (Å²) in [6.45, 7) is 0. The van der Waals surface area contributed by atoms with Crippen LogP contribution < -0.4 is 5.43 Å². The molecule has 0 amide bonds. The Bertz CT molecular complexity index is 559. The second-order valence-corrected chi connectivity index (χ2v) is 4.33. The van der Waals surface area contributed by atoms with Crippen LogP contribution in [0, 0.1) is 0 Å². The average Bonchev–Trinajstić information content (AvgIpc) is 2.18. The minimum atomic E-state index is -1.24. The lowest BCUT2D eigenvalue weighted by Gasteiger charge is -1.99. The molecule has 1 N–H and O–H groups in total. The van der Waals surface area contributed by atoms with Crippen LogP contribution in [0.15, 0.2) is 40.2 Å². The van der Waals surface area contributed by atoms with Crippen LogP contribution in [0.2, 0.25) is 0 Å². The van der Waals surface area contributed by atoms with Gasteiger partial charge in [-0.1, -0.05) is 12.1 Å². The van der Waals surface area contributed by atoms with Crippen molar-refractivity contribution in [2.45, 2.75) is 4.90 Å². The second-order valence-electron chi connectivity index (χ2n) is 2.98. The summed E-state index contributed by atoms with van der Waals surface area (Å²) in [5, 5.41) is 0.584. The zero-order valence-corrected chi connectivity index (χ0v) is 8.43. The number of aromatic nitrogens is 1. The molecule has 1 aromatic carbocycles. The zero-order valence-electron chi connectivity index (χ0n) is 7.61. The van der Waals surface area contributed by atoms with E-state index in [-0.39, 0.29) is 5.43 Å². The van der Waals surface area contributed by atoms with Gasteiger partial charge in [0.15, 0.2) is 0 Å². The third-order valence-corrected chi connectivity index (χ3v) is 2.99. The van der Waals surface area contributed by atoms with Gasteiger partial charge in [0.05, 0.1) is 10.8 Å². The summed E-state index contributed by atoms with van der Waals surface area (Å²) >= 11 is 0. The van der Waals surface area contributed by atoms with Crippen LogP contribution in [-0.2, 0) is 10.8 Å². The van der Waals surface area contributed by atoms with Crippen molar-refractivity contribution in [1.29, 1.82) is 0 Å². The van der Waals surface area contributed by atoms with Gasteiger partial charge in [-0.3, -0.25) is 9.00 Å². The predicted octanol–water partition coefficient (Wildman–Crippen LogP) is 1.27. The molecule has 2 rings (SSSR count). The Morgan fingerprint density at radius 3 is 2.71 bits per heavy atom. The van der Waals surface area contributed by atoms with Crippen molar-refractivity contribution in [3.8, 4) is 0 Å². The number of hydrogen-bond donors (Lipinski definition) is 1. The molecule has 1 heterocycles. The quantitative estimate of drug-likeness (QED) is 0.765. The molecule has 0 radical (unpaired) electrons. The van der Waals surface area contributed by atoms with E-state index in [4.69, 9.17) is 0 Å². The van der Waals surface area contributed by atoms with Crippen molar-refractivity contribution < 1.29 is 4.21 Å².